The molecule has 1 amide bonds. The fraction of sp³-hybridized carbons (Fsp3) is 0.188. The van der Waals surface area contributed by atoms with E-state index in [2.05, 4.69) is 5.32 Å². The van der Waals surface area contributed by atoms with Gasteiger partial charge in [0, 0.05) is 12.1 Å². The van der Waals surface area contributed by atoms with Crippen LogP contribution in [0.2, 0.25) is 5.02 Å². The van der Waals surface area contributed by atoms with E-state index in [9.17, 15) is 9.18 Å². The summed E-state index contributed by atoms with van der Waals surface area (Å²) in [5, 5.41) is 3.15. The number of ether oxygens (including phenoxy) is 1. The summed E-state index contributed by atoms with van der Waals surface area (Å²) in [6.45, 7) is 0.379. The Morgan fingerprint density at radius 2 is 1.86 bits per heavy atom. The van der Waals surface area contributed by atoms with Crippen molar-refractivity contribution in [2.45, 2.75) is 13.0 Å². The van der Waals surface area contributed by atoms with Crippen LogP contribution >= 0.6 is 11.6 Å². The summed E-state index contributed by atoms with van der Waals surface area (Å²) in [6.07, 6.45) is 0.180. The van der Waals surface area contributed by atoms with E-state index in [0.29, 0.717) is 16.3 Å². The van der Waals surface area contributed by atoms with Gasteiger partial charge in [0.2, 0.25) is 5.91 Å². The number of rotatable bonds is 6. The highest BCUT2D eigenvalue weighted by molar-refractivity contribution is 6.32. The molecule has 0 aromatic heterocycles. The Bertz CT molecular complexity index is 619. The zero-order chi connectivity index (χ0) is 15.1. The summed E-state index contributed by atoms with van der Waals surface area (Å²) in [4.78, 5) is 11.7. The molecular formula is C16H15ClFNO2. The Kier molecular flexibility index (Phi) is 5.58. The molecule has 0 radical (unpaired) electrons. The zero-order valence-corrected chi connectivity index (χ0v) is 12.1. The van der Waals surface area contributed by atoms with Gasteiger partial charge in [-0.15, -0.1) is 0 Å². The standard InChI is InChI=1S/C16H15ClFNO2/c17-13-6-2-4-8-15(13)21-10-9-16(20)19-11-12-5-1-3-7-14(12)18/h1-8H,9-11H2,(H,19,20). The number of amides is 1. The van der Waals surface area contributed by atoms with Crippen molar-refractivity contribution >= 4 is 17.5 Å². The van der Waals surface area contributed by atoms with Gasteiger partial charge < -0.3 is 10.1 Å². The molecule has 110 valence electrons. The minimum Gasteiger partial charge on any atom is -0.491 e. The number of hydrogen-bond donors (Lipinski definition) is 1. The third-order valence-electron chi connectivity index (χ3n) is 2.86. The molecular weight excluding hydrogens is 293 g/mol. The molecule has 2 aromatic carbocycles. The van der Waals surface area contributed by atoms with Gasteiger partial charge in [-0.2, -0.15) is 0 Å². The van der Waals surface area contributed by atoms with Crippen molar-refractivity contribution < 1.29 is 13.9 Å². The van der Waals surface area contributed by atoms with Crippen LogP contribution in [0.3, 0.4) is 0 Å². The lowest BCUT2D eigenvalue weighted by Crippen LogP contribution is -2.24. The normalized spacial score (nSPS) is 10.2. The Hall–Kier alpha value is -2.07. The first-order valence-corrected chi connectivity index (χ1v) is 6.92. The third-order valence-corrected chi connectivity index (χ3v) is 3.17. The number of nitrogens with one attached hydrogen (secondary N) is 1. The number of para-hydroxylation sites is 1. The molecule has 3 nitrogen and oxygen atoms in total. The quantitative estimate of drug-likeness (QED) is 0.886. The van der Waals surface area contributed by atoms with E-state index >= 15 is 0 Å². The Labute approximate surface area is 127 Å². The van der Waals surface area contributed by atoms with E-state index in [-0.39, 0.29) is 31.3 Å². The molecule has 0 atom stereocenters. The molecule has 2 rings (SSSR count). The minimum atomic E-state index is -0.329. The highest BCUT2D eigenvalue weighted by atomic mass is 35.5. The Morgan fingerprint density at radius 3 is 2.62 bits per heavy atom. The summed E-state index contributed by atoms with van der Waals surface area (Å²) in [7, 11) is 0. The van der Waals surface area contributed by atoms with Gasteiger partial charge in [-0.1, -0.05) is 41.9 Å². The maximum Gasteiger partial charge on any atom is 0.223 e. The average Bonchev–Trinajstić information content (AvgIpc) is 2.48. The second kappa shape index (κ2) is 7.64. The number of benzene rings is 2. The Balaban J connectivity index is 1.73. The van der Waals surface area contributed by atoms with Crippen LogP contribution in [-0.4, -0.2) is 12.5 Å². The maximum atomic E-state index is 13.4. The lowest BCUT2D eigenvalue weighted by atomic mass is 10.2. The van der Waals surface area contributed by atoms with E-state index in [0.717, 1.165) is 0 Å². The van der Waals surface area contributed by atoms with Gasteiger partial charge in [-0.05, 0) is 18.2 Å². The van der Waals surface area contributed by atoms with Crippen molar-refractivity contribution in [3.05, 3.63) is 64.9 Å². The number of hydrogen-bond acceptors (Lipinski definition) is 2. The van der Waals surface area contributed by atoms with Crippen molar-refractivity contribution in [2.75, 3.05) is 6.61 Å². The lowest BCUT2D eigenvalue weighted by Gasteiger charge is -2.08. The molecule has 2 aromatic rings. The van der Waals surface area contributed by atoms with Gasteiger partial charge in [-0.25, -0.2) is 4.39 Å². The van der Waals surface area contributed by atoms with Crippen molar-refractivity contribution in [3.8, 4) is 5.75 Å². The van der Waals surface area contributed by atoms with Crippen molar-refractivity contribution in [2.24, 2.45) is 0 Å². The summed E-state index contributed by atoms with van der Waals surface area (Å²) < 4.78 is 18.8. The predicted molar refractivity (Wildman–Crippen MR) is 79.8 cm³/mol. The zero-order valence-electron chi connectivity index (χ0n) is 11.3. The maximum absolute atomic E-state index is 13.4. The van der Waals surface area contributed by atoms with Crippen LogP contribution < -0.4 is 10.1 Å². The van der Waals surface area contributed by atoms with Crippen LogP contribution in [0, 0.1) is 5.82 Å². The summed E-state index contributed by atoms with van der Waals surface area (Å²) in [6, 6.07) is 13.4. The molecule has 0 aliphatic rings. The molecule has 1 N–H and O–H groups in total. The molecule has 21 heavy (non-hydrogen) atoms. The topological polar surface area (TPSA) is 38.3 Å². The number of carbonyl (C=O) groups excluding carboxylic acids is 1. The summed E-state index contributed by atoms with van der Waals surface area (Å²) >= 11 is 5.93. The van der Waals surface area contributed by atoms with Crippen LogP contribution in [0.5, 0.6) is 5.75 Å². The summed E-state index contributed by atoms with van der Waals surface area (Å²) in [5.74, 6) is 0.0106. The van der Waals surface area contributed by atoms with Gasteiger partial charge in [0.05, 0.1) is 18.1 Å². The van der Waals surface area contributed by atoms with E-state index in [1.54, 1.807) is 42.5 Å². The largest absolute Gasteiger partial charge is 0.491 e. The van der Waals surface area contributed by atoms with E-state index < -0.39 is 0 Å². The van der Waals surface area contributed by atoms with E-state index in [1.165, 1.54) is 6.07 Å². The molecule has 0 bridgehead atoms. The van der Waals surface area contributed by atoms with Crippen LogP contribution in [0.4, 0.5) is 4.39 Å². The monoisotopic (exact) mass is 307 g/mol. The molecule has 0 saturated heterocycles. The highest BCUT2D eigenvalue weighted by Gasteiger charge is 2.06. The van der Waals surface area contributed by atoms with Gasteiger partial charge in [0.1, 0.15) is 11.6 Å². The Morgan fingerprint density at radius 1 is 1.14 bits per heavy atom. The molecule has 0 aliphatic heterocycles. The molecule has 0 aliphatic carbocycles. The number of halogens is 2. The van der Waals surface area contributed by atoms with Crippen LogP contribution in [-0.2, 0) is 11.3 Å². The van der Waals surface area contributed by atoms with Crippen LogP contribution in [0.1, 0.15) is 12.0 Å². The molecule has 0 fully saturated rings. The third kappa shape index (κ3) is 4.76. The first-order valence-electron chi connectivity index (χ1n) is 6.54. The molecule has 0 unspecified atom stereocenters. The second-order valence-corrected chi connectivity index (χ2v) is 4.80. The van der Waals surface area contributed by atoms with Gasteiger partial charge in [-0.3, -0.25) is 4.79 Å². The first-order chi connectivity index (χ1) is 10.2. The van der Waals surface area contributed by atoms with Crippen LogP contribution in [0.25, 0.3) is 0 Å². The minimum absolute atomic E-state index is 0.164. The van der Waals surface area contributed by atoms with E-state index in [1.807, 2.05) is 0 Å². The van der Waals surface area contributed by atoms with Crippen molar-refractivity contribution in [1.29, 1.82) is 0 Å². The van der Waals surface area contributed by atoms with Gasteiger partial charge >= 0.3 is 0 Å². The van der Waals surface area contributed by atoms with Crippen molar-refractivity contribution in [3.63, 3.8) is 0 Å². The summed E-state index contributed by atoms with van der Waals surface area (Å²) in [5.41, 5.74) is 0.456. The fourth-order valence-corrected chi connectivity index (χ4v) is 1.93. The van der Waals surface area contributed by atoms with Crippen molar-refractivity contribution in [1.82, 2.24) is 5.32 Å². The molecule has 0 heterocycles. The fourth-order valence-electron chi connectivity index (χ4n) is 1.74. The predicted octanol–water partition coefficient (Wildman–Crippen LogP) is 3.56. The SMILES string of the molecule is O=C(CCOc1ccccc1Cl)NCc1ccccc1F. The molecule has 0 spiro atoms. The molecule has 5 heteroatoms. The first kappa shape index (κ1) is 15.3. The molecule has 0 saturated carbocycles. The highest BCUT2D eigenvalue weighted by Crippen LogP contribution is 2.22. The van der Waals surface area contributed by atoms with Gasteiger partial charge in [0.15, 0.2) is 0 Å². The second-order valence-electron chi connectivity index (χ2n) is 4.40. The average molecular weight is 308 g/mol. The van der Waals surface area contributed by atoms with E-state index in [4.69, 9.17) is 16.3 Å². The number of carbonyl (C=O) groups is 1. The smallest absolute Gasteiger partial charge is 0.223 e. The van der Waals surface area contributed by atoms with Gasteiger partial charge in [0.25, 0.3) is 0 Å². The lowest BCUT2D eigenvalue weighted by molar-refractivity contribution is -0.121. The van der Waals surface area contributed by atoms with Crippen LogP contribution in [0.15, 0.2) is 48.5 Å².